The van der Waals surface area contributed by atoms with Gasteiger partial charge in [0.05, 0.1) is 0 Å². The van der Waals surface area contributed by atoms with Crippen molar-refractivity contribution in [3.05, 3.63) is 0 Å². The largest absolute Gasteiger partial charge is 0.385 e. The standard InChI is InChI=1S/C6H13NO2.C2H6/c1-9-5-3-2-4-6(7)8;1-2/h2-5H2,1H3,(H2,7,8);1-2H3. The minimum Gasteiger partial charge on any atom is -0.385 e. The van der Waals surface area contributed by atoms with Crippen molar-refractivity contribution in [3.8, 4) is 0 Å². The Hall–Kier alpha value is -0.570. The quantitative estimate of drug-likeness (QED) is 0.618. The van der Waals surface area contributed by atoms with Crippen LogP contribution in [-0.4, -0.2) is 19.6 Å². The van der Waals surface area contributed by atoms with Gasteiger partial charge in [0.1, 0.15) is 0 Å². The first-order chi connectivity index (χ1) is 5.27. The Labute approximate surface area is 68.9 Å². The van der Waals surface area contributed by atoms with E-state index in [0.29, 0.717) is 13.0 Å². The number of hydrogen-bond acceptors (Lipinski definition) is 2. The van der Waals surface area contributed by atoms with Crippen LogP contribution in [0.4, 0.5) is 0 Å². The molecule has 0 saturated heterocycles. The van der Waals surface area contributed by atoms with Crippen LogP contribution >= 0.6 is 0 Å². The summed E-state index contributed by atoms with van der Waals surface area (Å²) in [7, 11) is 1.64. The van der Waals surface area contributed by atoms with Crippen molar-refractivity contribution in [1.82, 2.24) is 0 Å². The molecule has 0 aliphatic rings. The van der Waals surface area contributed by atoms with Gasteiger partial charge < -0.3 is 10.5 Å². The summed E-state index contributed by atoms with van der Waals surface area (Å²) in [6.45, 7) is 4.72. The summed E-state index contributed by atoms with van der Waals surface area (Å²) in [4.78, 5) is 10.1. The molecule has 0 rings (SSSR count). The lowest BCUT2D eigenvalue weighted by molar-refractivity contribution is -0.118. The maximum atomic E-state index is 10.1. The number of rotatable bonds is 5. The van der Waals surface area contributed by atoms with Crippen LogP contribution in [0.15, 0.2) is 0 Å². The highest BCUT2D eigenvalue weighted by atomic mass is 16.5. The first kappa shape index (κ1) is 13.1. The summed E-state index contributed by atoms with van der Waals surface area (Å²) in [5.41, 5.74) is 4.89. The van der Waals surface area contributed by atoms with Crippen molar-refractivity contribution in [3.63, 3.8) is 0 Å². The molecule has 3 nitrogen and oxygen atoms in total. The molecule has 3 heteroatoms. The molecule has 0 aromatic rings. The van der Waals surface area contributed by atoms with Crippen molar-refractivity contribution in [1.29, 1.82) is 0 Å². The molecule has 2 N–H and O–H groups in total. The Morgan fingerprint density at radius 3 is 2.27 bits per heavy atom. The highest BCUT2D eigenvalue weighted by molar-refractivity contribution is 5.73. The van der Waals surface area contributed by atoms with Gasteiger partial charge in [-0.1, -0.05) is 13.8 Å². The third-order valence-corrected chi connectivity index (χ3v) is 1.02. The van der Waals surface area contributed by atoms with Gasteiger partial charge in [-0.25, -0.2) is 0 Å². The van der Waals surface area contributed by atoms with E-state index < -0.39 is 0 Å². The summed E-state index contributed by atoms with van der Waals surface area (Å²) < 4.78 is 4.77. The second-order valence-electron chi connectivity index (χ2n) is 1.92. The van der Waals surface area contributed by atoms with Crippen molar-refractivity contribution in [2.45, 2.75) is 33.1 Å². The van der Waals surface area contributed by atoms with Crippen molar-refractivity contribution in [2.24, 2.45) is 5.73 Å². The number of methoxy groups -OCH3 is 1. The summed E-state index contributed by atoms with van der Waals surface area (Å²) in [5, 5.41) is 0. The Kier molecular flexibility index (Phi) is 14.4. The highest BCUT2D eigenvalue weighted by Gasteiger charge is 1.92. The molecule has 0 bridgehead atoms. The molecule has 0 aliphatic carbocycles. The number of hydrogen-bond donors (Lipinski definition) is 1. The van der Waals surface area contributed by atoms with Crippen LogP contribution in [0, 0.1) is 0 Å². The van der Waals surface area contributed by atoms with E-state index in [9.17, 15) is 4.79 Å². The molecule has 0 fully saturated rings. The van der Waals surface area contributed by atoms with Gasteiger partial charge in [0.15, 0.2) is 0 Å². The lowest BCUT2D eigenvalue weighted by Crippen LogP contribution is -2.09. The lowest BCUT2D eigenvalue weighted by atomic mass is 10.2. The third kappa shape index (κ3) is 17.7. The van der Waals surface area contributed by atoms with E-state index in [1.807, 2.05) is 13.8 Å². The Balaban J connectivity index is 0. The molecule has 11 heavy (non-hydrogen) atoms. The molecule has 0 spiro atoms. The predicted molar refractivity (Wildman–Crippen MR) is 46.3 cm³/mol. The number of nitrogens with two attached hydrogens (primary N) is 1. The first-order valence-electron chi connectivity index (χ1n) is 4.04. The number of carbonyl (C=O) groups excluding carboxylic acids is 1. The van der Waals surface area contributed by atoms with E-state index >= 15 is 0 Å². The normalized spacial score (nSPS) is 8.27. The zero-order chi connectivity index (χ0) is 9.11. The van der Waals surface area contributed by atoms with Gasteiger partial charge in [0.2, 0.25) is 5.91 Å². The second kappa shape index (κ2) is 12.1. The fourth-order valence-electron chi connectivity index (χ4n) is 0.546. The van der Waals surface area contributed by atoms with Crippen LogP contribution in [0.2, 0.25) is 0 Å². The second-order valence-corrected chi connectivity index (χ2v) is 1.92. The monoisotopic (exact) mass is 161 g/mol. The minimum atomic E-state index is -0.230. The molecule has 0 heterocycles. The molecule has 0 aromatic carbocycles. The van der Waals surface area contributed by atoms with E-state index in [2.05, 4.69) is 0 Å². The van der Waals surface area contributed by atoms with Crippen molar-refractivity contribution in [2.75, 3.05) is 13.7 Å². The van der Waals surface area contributed by atoms with Crippen molar-refractivity contribution >= 4 is 5.91 Å². The van der Waals surface area contributed by atoms with Gasteiger partial charge in [0, 0.05) is 20.1 Å². The van der Waals surface area contributed by atoms with Crippen LogP contribution in [0.25, 0.3) is 0 Å². The van der Waals surface area contributed by atoms with Gasteiger partial charge in [-0.05, 0) is 12.8 Å². The summed E-state index contributed by atoms with van der Waals surface area (Å²) in [6.07, 6.45) is 2.23. The average molecular weight is 161 g/mol. The SMILES string of the molecule is CC.COCCCCC(N)=O. The first-order valence-corrected chi connectivity index (χ1v) is 4.04. The molecule has 0 saturated carbocycles. The van der Waals surface area contributed by atoms with Crippen LogP contribution < -0.4 is 5.73 Å². The fourth-order valence-corrected chi connectivity index (χ4v) is 0.546. The smallest absolute Gasteiger partial charge is 0.217 e. The third-order valence-electron chi connectivity index (χ3n) is 1.02. The average Bonchev–Trinajstić information content (AvgIpc) is 2.02. The molecule has 1 amide bonds. The number of ether oxygens (including phenoxy) is 1. The fraction of sp³-hybridized carbons (Fsp3) is 0.875. The molecule has 0 aliphatic heterocycles. The van der Waals surface area contributed by atoms with E-state index in [0.717, 1.165) is 12.8 Å². The maximum Gasteiger partial charge on any atom is 0.217 e. The van der Waals surface area contributed by atoms with E-state index in [4.69, 9.17) is 10.5 Å². The number of primary amides is 1. The van der Waals surface area contributed by atoms with E-state index in [1.54, 1.807) is 7.11 Å². The molecule has 68 valence electrons. The Morgan fingerprint density at radius 2 is 1.91 bits per heavy atom. The minimum absolute atomic E-state index is 0.230. The molecule has 0 aromatic heterocycles. The van der Waals surface area contributed by atoms with Crippen LogP contribution in [-0.2, 0) is 9.53 Å². The molecular weight excluding hydrogens is 142 g/mol. The molecule has 0 unspecified atom stereocenters. The molecule has 0 radical (unpaired) electrons. The number of amides is 1. The van der Waals surface area contributed by atoms with Crippen molar-refractivity contribution < 1.29 is 9.53 Å². The number of unbranched alkanes of at least 4 members (excludes halogenated alkanes) is 1. The van der Waals surface area contributed by atoms with Crippen LogP contribution in [0.5, 0.6) is 0 Å². The summed E-state index contributed by atoms with van der Waals surface area (Å²) in [6, 6.07) is 0. The Morgan fingerprint density at radius 1 is 1.36 bits per heavy atom. The summed E-state index contributed by atoms with van der Waals surface area (Å²) >= 11 is 0. The lowest BCUT2D eigenvalue weighted by Gasteiger charge is -1.95. The summed E-state index contributed by atoms with van der Waals surface area (Å²) in [5.74, 6) is -0.230. The molecular formula is C8H19NO2. The zero-order valence-electron chi connectivity index (χ0n) is 7.72. The van der Waals surface area contributed by atoms with Gasteiger partial charge in [-0.3, -0.25) is 4.79 Å². The van der Waals surface area contributed by atoms with Gasteiger partial charge in [-0.15, -0.1) is 0 Å². The Bertz CT molecular complexity index is 84.2. The van der Waals surface area contributed by atoms with Gasteiger partial charge in [0.25, 0.3) is 0 Å². The highest BCUT2D eigenvalue weighted by Crippen LogP contribution is 1.92. The topological polar surface area (TPSA) is 52.3 Å². The molecule has 0 atom stereocenters. The van der Waals surface area contributed by atoms with Crippen LogP contribution in [0.3, 0.4) is 0 Å². The zero-order valence-corrected chi connectivity index (χ0v) is 7.72. The van der Waals surface area contributed by atoms with Crippen LogP contribution in [0.1, 0.15) is 33.1 Å². The van der Waals surface area contributed by atoms with Gasteiger partial charge >= 0.3 is 0 Å². The van der Waals surface area contributed by atoms with Gasteiger partial charge in [-0.2, -0.15) is 0 Å². The number of carbonyl (C=O) groups is 1. The predicted octanol–water partition coefficient (Wildman–Crippen LogP) is 1.31. The van der Waals surface area contributed by atoms with E-state index in [1.165, 1.54) is 0 Å². The maximum absolute atomic E-state index is 10.1. The van der Waals surface area contributed by atoms with E-state index in [-0.39, 0.29) is 5.91 Å².